The molecular weight excluding hydrogens is 212 g/mol. The second-order valence-corrected chi connectivity index (χ2v) is 5.89. The number of rotatable bonds is 8. The zero-order valence-electron chi connectivity index (χ0n) is 11.6. The Hall–Kier alpha value is -0.120. The van der Waals surface area contributed by atoms with Gasteiger partial charge in [-0.2, -0.15) is 0 Å². The number of nitrogens with two attached hydrogens (primary N) is 1. The quantitative estimate of drug-likeness (QED) is 0.684. The lowest BCUT2D eigenvalue weighted by Crippen LogP contribution is -2.43. The van der Waals surface area contributed by atoms with E-state index in [2.05, 4.69) is 18.9 Å². The van der Waals surface area contributed by atoms with Gasteiger partial charge >= 0.3 is 0 Å². The highest BCUT2D eigenvalue weighted by molar-refractivity contribution is 4.81. The molecule has 0 radical (unpaired) electrons. The van der Waals surface area contributed by atoms with Gasteiger partial charge in [0.15, 0.2) is 0 Å². The van der Waals surface area contributed by atoms with Crippen LogP contribution in [-0.2, 0) is 0 Å². The Kier molecular flexibility index (Phi) is 6.45. The van der Waals surface area contributed by atoms with Gasteiger partial charge < -0.3 is 15.7 Å². The summed E-state index contributed by atoms with van der Waals surface area (Å²) >= 11 is 0. The molecule has 0 aromatic carbocycles. The minimum absolute atomic E-state index is 0.107. The van der Waals surface area contributed by atoms with Crippen LogP contribution in [0, 0.1) is 5.92 Å². The van der Waals surface area contributed by atoms with E-state index < -0.39 is 0 Å². The van der Waals surface area contributed by atoms with Gasteiger partial charge in [-0.25, -0.2) is 0 Å². The van der Waals surface area contributed by atoms with Gasteiger partial charge in [-0.15, -0.1) is 0 Å². The largest absolute Gasteiger partial charge is 0.394 e. The van der Waals surface area contributed by atoms with Gasteiger partial charge in [-0.3, -0.25) is 0 Å². The Balaban J connectivity index is 2.12. The van der Waals surface area contributed by atoms with Crippen LogP contribution in [0.25, 0.3) is 0 Å². The summed E-state index contributed by atoms with van der Waals surface area (Å²) in [7, 11) is 2.21. The van der Waals surface area contributed by atoms with Crippen LogP contribution in [0.15, 0.2) is 0 Å². The first-order chi connectivity index (χ1) is 8.09. The van der Waals surface area contributed by atoms with Crippen molar-refractivity contribution in [1.29, 1.82) is 0 Å². The molecule has 0 aliphatic heterocycles. The molecule has 0 aromatic rings. The lowest BCUT2D eigenvalue weighted by molar-refractivity contribution is 0.172. The molecule has 1 rings (SSSR count). The molecular formula is C14H30N2O. The molecule has 1 atom stereocenters. The van der Waals surface area contributed by atoms with Crippen LogP contribution in [-0.4, -0.2) is 42.3 Å². The molecule has 0 heterocycles. The minimum atomic E-state index is -0.353. The van der Waals surface area contributed by atoms with Gasteiger partial charge in [0.1, 0.15) is 0 Å². The van der Waals surface area contributed by atoms with E-state index in [1.54, 1.807) is 0 Å². The van der Waals surface area contributed by atoms with Crippen LogP contribution in [0.4, 0.5) is 0 Å². The van der Waals surface area contributed by atoms with Crippen molar-refractivity contribution in [2.45, 2.75) is 57.4 Å². The van der Waals surface area contributed by atoms with Gasteiger partial charge in [0, 0.05) is 12.1 Å². The second-order valence-electron chi connectivity index (χ2n) is 5.89. The fourth-order valence-electron chi connectivity index (χ4n) is 2.79. The van der Waals surface area contributed by atoms with Crippen LogP contribution in [0.3, 0.4) is 0 Å². The Morgan fingerprint density at radius 3 is 2.53 bits per heavy atom. The summed E-state index contributed by atoms with van der Waals surface area (Å²) in [5, 5.41) is 9.24. The molecule has 102 valence electrons. The van der Waals surface area contributed by atoms with E-state index in [0.29, 0.717) is 0 Å². The molecule has 17 heavy (non-hydrogen) atoms. The van der Waals surface area contributed by atoms with Crippen molar-refractivity contribution >= 4 is 0 Å². The van der Waals surface area contributed by atoms with Crippen molar-refractivity contribution < 1.29 is 5.11 Å². The van der Waals surface area contributed by atoms with Crippen molar-refractivity contribution in [2.24, 2.45) is 11.7 Å². The summed E-state index contributed by atoms with van der Waals surface area (Å²) in [5.41, 5.74) is 5.72. The third-order valence-corrected chi connectivity index (χ3v) is 4.28. The summed E-state index contributed by atoms with van der Waals surface area (Å²) in [5.74, 6) is 0.923. The molecule has 1 saturated carbocycles. The van der Waals surface area contributed by atoms with Gasteiger partial charge in [-0.05, 0) is 51.6 Å². The van der Waals surface area contributed by atoms with E-state index >= 15 is 0 Å². The zero-order chi connectivity index (χ0) is 12.7. The molecule has 3 nitrogen and oxygen atoms in total. The Morgan fingerprint density at radius 1 is 1.35 bits per heavy atom. The van der Waals surface area contributed by atoms with Crippen LogP contribution in [0.1, 0.15) is 51.9 Å². The maximum atomic E-state index is 9.24. The van der Waals surface area contributed by atoms with E-state index in [-0.39, 0.29) is 12.1 Å². The number of hydrogen-bond donors (Lipinski definition) is 2. The molecule has 0 amide bonds. The summed E-state index contributed by atoms with van der Waals surface area (Å²) in [4.78, 5) is 2.43. The fraction of sp³-hybridized carbons (Fsp3) is 1.00. The smallest absolute Gasteiger partial charge is 0.0611 e. The van der Waals surface area contributed by atoms with Crippen molar-refractivity contribution in [3.8, 4) is 0 Å². The van der Waals surface area contributed by atoms with Crippen LogP contribution >= 0.6 is 0 Å². The van der Waals surface area contributed by atoms with Crippen molar-refractivity contribution in [2.75, 3.05) is 26.7 Å². The molecule has 1 aliphatic rings. The molecule has 3 heteroatoms. The molecule has 0 aromatic heterocycles. The zero-order valence-corrected chi connectivity index (χ0v) is 11.6. The van der Waals surface area contributed by atoms with Crippen molar-refractivity contribution in [1.82, 2.24) is 4.90 Å². The minimum Gasteiger partial charge on any atom is -0.394 e. The average molecular weight is 242 g/mol. The highest BCUT2D eigenvalue weighted by Crippen LogP contribution is 2.25. The maximum absolute atomic E-state index is 9.24. The molecule has 1 fully saturated rings. The van der Waals surface area contributed by atoms with E-state index in [4.69, 9.17) is 5.73 Å². The average Bonchev–Trinajstić information content (AvgIpc) is 2.81. The Bertz CT molecular complexity index is 198. The van der Waals surface area contributed by atoms with Crippen LogP contribution in [0.5, 0.6) is 0 Å². The van der Waals surface area contributed by atoms with Crippen LogP contribution < -0.4 is 5.73 Å². The predicted octanol–water partition coefficient (Wildman–Crippen LogP) is 1.99. The van der Waals surface area contributed by atoms with Crippen LogP contribution in [0.2, 0.25) is 0 Å². The Morgan fingerprint density at radius 2 is 2.00 bits per heavy atom. The van der Waals surface area contributed by atoms with E-state index in [0.717, 1.165) is 31.7 Å². The van der Waals surface area contributed by atoms with E-state index in [1.807, 2.05) is 0 Å². The lowest BCUT2D eigenvalue weighted by atomic mass is 9.92. The van der Waals surface area contributed by atoms with Gasteiger partial charge in [0.05, 0.1) is 6.61 Å². The summed E-state index contributed by atoms with van der Waals surface area (Å²) < 4.78 is 0. The standard InChI is InChI=1S/C14H30N2O/c1-3-14(15,12-17)9-6-10-16(2)11-13-7-4-5-8-13/h13,17H,3-12,15H2,1-2H3. The summed E-state index contributed by atoms with van der Waals surface area (Å²) in [6, 6.07) is 0. The molecule has 1 aliphatic carbocycles. The molecule has 0 spiro atoms. The summed E-state index contributed by atoms with van der Waals surface area (Å²) in [6.45, 7) is 4.51. The van der Waals surface area contributed by atoms with Gasteiger partial charge in [0.2, 0.25) is 0 Å². The predicted molar refractivity (Wildman–Crippen MR) is 73.0 cm³/mol. The topological polar surface area (TPSA) is 49.5 Å². The third-order valence-electron chi connectivity index (χ3n) is 4.28. The highest BCUT2D eigenvalue weighted by atomic mass is 16.3. The monoisotopic (exact) mass is 242 g/mol. The molecule has 0 saturated heterocycles. The third kappa shape index (κ3) is 5.36. The van der Waals surface area contributed by atoms with E-state index in [1.165, 1.54) is 32.2 Å². The maximum Gasteiger partial charge on any atom is 0.0611 e. The number of aliphatic hydroxyl groups excluding tert-OH is 1. The van der Waals surface area contributed by atoms with Crippen molar-refractivity contribution in [3.63, 3.8) is 0 Å². The molecule has 0 bridgehead atoms. The second kappa shape index (κ2) is 7.34. The van der Waals surface area contributed by atoms with Gasteiger partial charge in [-0.1, -0.05) is 19.8 Å². The van der Waals surface area contributed by atoms with Crippen molar-refractivity contribution in [3.05, 3.63) is 0 Å². The summed E-state index contributed by atoms with van der Waals surface area (Å²) in [6.07, 6.45) is 8.54. The number of aliphatic hydroxyl groups is 1. The molecule has 3 N–H and O–H groups in total. The highest BCUT2D eigenvalue weighted by Gasteiger charge is 2.21. The first-order valence-corrected chi connectivity index (χ1v) is 7.18. The first-order valence-electron chi connectivity index (χ1n) is 7.18. The lowest BCUT2D eigenvalue weighted by Gasteiger charge is -2.27. The first kappa shape index (κ1) is 14.9. The Labute approximate surface area is 106 Å². The fourth-order valence-corrected chi connectivity index (χ4v) is 2.79. The van der Waals surface area contributed by atoms with E-state index in [9.17, 15) is 5.11 Å². The van der Waals surface area contributed by atoms with Gasteiger partial charge in [0.25, 0.3) is 0 Å². The number of hydrogen-bond acceptors (Lipinski definition) is 3. The normalized spacial score (nSPS) is 21.0. The SMILES string of the molecule is CCC(N)(CO)CCCN(C)CC1CCCC1. The molecule has 1 unspecified atom stereocenters. The number of nitrogens with zero attached hydrogens (tertiary/aromatic N) is 1.